The van der Waals surface area contributed by atoms with Gasteiger partial charge in [0.05, 0.1) is 6.54 Å². The van der Waals surface area contributed by atoms with E-state index in [4.69, 9.17) is 0 Å². The summed E-state index contributed by atoms with van der Waals surface area (Å²) in [4.78, 5) is 11.0. The summed E-state index contributed by atoms with van der Waals surface area (Å²) in [5.41, 5.74) is 7.67. The molecular formula is C33H54N2O2. The van der Waals surface area contributed by atoms with Crippen molar-refractivity contribution >= 4 is 11.5 Å². The van der Waals surface area contributed by atoms with Crippen LogP contribution in [0, 0.1) is 32.1 Å². The van der Waals surface area contributed by atoms with Crippen LogP contribution in [0.2, 0.25) is 0 Å². The predicted octanol–water partition coefficient (Wildman–Crippen LogP) is 9.13. The van der Waals surface area contributed by atoms with Crippen LogP contribution in [0.25, 0.3) is 5.76 Å². The number of ketones is 1. The van der Waals surface area contributed by atoms with Gasteiger partial charge in [0.1, 0.15) is 11.5 Å². The number of Topliss-reactive ketones (excluding diaryl/α,β-unsaturated/α-hetero) is 1. The summed E-state index contributed by atoms with van der Waals surface area (Å²) in [5, 5.41) is 13.6. The van der Waals surface area contributed by atoms with Gasteiger partial charge in [0.2, 0.25) is 0 Å². The summed E-state index contributed by atoms with van der Waals surface area (Å²) >= 11 is 0. The van der Waals surface area contributed by atoms with Crippen molar-refractivity contribution in [3.8, 4) is 0 Å². The van der Waals surface area contributed by atoms with E-state index >= 15 is 0 Å². The molecule has 0 radical (unpaired) electrons. The monoisotopic (exact) mass is 510 g/mol. The second-order valence-corrected chi connectivity index (χ2v) is 11.7. The number of rotatable bonds is 7. The molecule has 1 fully saturated rings. The van der Waals surface area contributed by atoms with Crippen LogP contribution >= 0.6 is 0 Å². The van der Waals surface area contributed by atoms with E-state index in [1.807, 2.05) is 0 Å². The third kappa shape index (κ3) is 11.7. The summed E-state index contributed by atoms with van der Waals surface area (Å²) in [5.74, 6) is 0.970. The van der Waals surface area contributed by atoms with Crippen molar-refractivity contribution in [3.63, 3.8) is 0 Å². The number of hydrogen-bond acceptors (Lipinski definition) is 3. The number of carbonyl (C=O) groups is 1. The fourth-order valence-corrected chi connectivity index (χ4v) is 4.16. The first-order chi connectivity index (χ1) is 17.3. The molecule has 0 atom stereocenters. The molecule has 2 aliphatic carbocycles. The van der Waals surface area contributed by atoms with Crippen molar-refractivity contribution in [3.05, 3.63) is 58.4 Å². The summed E-state index contributed by atoms with van der Waals surface area (Å²) in [6, 6.07) is 6.38. The lowest BCUT2D eigenvalue weighted by molar-refractivity contribution is -0.117. The number of unbranched alkanes of at least 4 members (excludes halogenated alkanes) is 1. The number of nitrogens with zero attached hydrogens (tertiary/aromatic N) is 2. The molecule has 37 heavy (non-hydrogen) atoms. The van der Waals surface area contributed by atoms with Gasteiger partial charge in [-0.05, 0) is 87.8 Å². The average molecular weight is 511 g/mol. The Morgan fingerprint density at radius 3 is 2.08 bits per heavy atom. The molecule has 0 saturated heterocycles. The molecule has 0 bridgehead atoms. The van der Waals surface area contributed by atoms with E-state index in [2.05, 4.69) is 85.3 Å². The topological polar surface area (TPSA) is 55.1 Å². The first kappa shape index (κ1) is 32.7. The minimum Gasteiger partial charge on any atom is -0.506 e. The fourth-order valence-electron chi connectivity index (χ4n) is 4.16. The first-order valence-corrected chi connectivity index (χ1v) is 14.3. The molecule has 2 aliphatic rings. The van der Waals surface area contributed by atoms with Gasteiger partial charge in [0.15, 0.2) is 5.78 Å². The molecule has 208 valence electrons. The second-order valence-electron chi connectivity index (χ2n) is 11.7. The Morgan fingerprint density at radius 1 is 1.14 bits per heavy atom. The maximum Gasteiger partial charge on any atom is 0.151 e. The van der Waals surface area contributed by atoms with Crippen LogP contribution in [0.1, 0.15) is 120 Å². The van der Waals surface area contributed by atoms with Gasteiger partial charge in [0.25, 0.3) is 0 Å². The molecule has 1 aromatic heterocycles. The molecule has 1 heterocycles. The van der Waals surface area contributed by atoms with E-state index in [0.29, 0.717) is 5.69 Å². The van der Waals surface area contributed by atoms with Crippen molar-refractivity contribution in [2.75, 3.05) is 0 Å². The number of hydrogen-bond donors (Lipinski definition) is 1. The van der Waals surface area contributed by atoms with Crippen LogP contribution in [-0.4, -0.2) is 20.7 Å². The van der Waals surface area contributed by atoms with Crippen LogP contribution in [0.3, 0.4) is 0 Å². The van der Waals surface area contributed by atoms with Gasteiger partial charge in [-0.25, -0.2) is 0 Å². The zero-order chi connectivity index (χ0) is 28.2. The van der Waals surface area contributed by atoms with Gasteiger partial charge < -0.3 is 5.11 Å². The highest BCUT2D eigenvalue weighted by Gasteiger charge is 2.34. The lowest BCUT2D eigenvalue weighted by atomic mass is 10.1. The van der Waals surface area contributed by atoms with Gasteiger partial charge in [0, 0.05) is 11.3 Å². The Hall–Kier alpha value is -2.36. The van der Waals surface area contributed by atoms with E-state index in [1.54, 1.807) is 4.68 Å². The first-order valence-electron chi connectivity index (χ1n) is 14.3. The molecule has 1 saturated carbocycles. The van der Waals surface area contributed by atoms with Crippen LogP contribution in [0.4, 0.5) is 0 Å². The standard InChI is InChI=1S/C11H14N2O2.C9H12.C7H16.C6H12/c1-7(14)6-13-10-5-3-4-9(10)11(12-13)8(2)15;1-7-5-4-6-8(2)9(7)3;1-4-5-6-7(2)3;1-3-6(2)4-5-6/h15H,2-6H2,1H3;4-6H,1-3H3;7H,4-6H2,1-3H3;3-5H2,1-2H3. The highest BCUT2D eigenvalue weighted by molar-refractivity contribution is 5.75. The van der Waals surface area contributed by atoms with Crippen molar-refractivity contribution in [1.29, 1.82) is 0 Å². The molecule has 1 N–H and O–H groups in total. The van der Waals surface area contributed by atoms with E-state index in [9.17, 15) is 9.90 Å². The minimum absolute atomic E-state index is 0.00421. The number of aryl methyl sites for hydroxylation is 2. The Bertz CT molecular complexity index is 976. The number of aliphatic hydroxyl groups is 1. The van der Waals surface area contributed by atoms with Crippen LogP contribution in [0.5, 0.6) is 0 Å². The molecule has 0 spiro atoms. The largest absolute Gasteiger partial charge is 0.506 e. The molecule has 0 unspecified atom stereocenters. The van der Waals surface area contributed by atoms with Crippen LogP contribution in [0.15, 0.2) is 24.8 Å². The normalized spacial score (nSPS) is 14.3. The molecular weight excluding hydrogens is 456 g/mol. The Balaban J connectivity index is 0.000000267. The summed E-state index contributed by atoms with van der Waals surface area (Å²) in [7, 11) is 0. The molecule has 1 aromatic carbocycles. The molecule has 0 amide bonds. The van der Waals surface area contributed by atoms with Gasteiger partial charge >= 0.3 is 0 Å². The van der Waals surface area contributed by atoms with Gasteiger partial charge in [-0.15, -0.1) is 0 Å². The fraction of sp³-hybridized carbons (Fsp3) is 0.636. The van der Waals surface area contributed by atoms with Gasteiger partial charge in [-0.2, -0.15) is 5.10 Å². The van der Waals surface area contributed by atoms with E-state index < -0.39 is 0 Å². The average Bonchev–Trinajstić information content (AvgIpc) is 3.24. The molecule has 4 nitrogen and oxygen atoms in total. The summed E-state index contributed by atoms with van der Waals surface area (Å²) in [6.45, 7) is 23.2. The maximum absolute atomic E-state index is 11.0. The van der Waals surface area contributed by atoms with E-state index in [0.717, 1.165) is 41.9 Å². The van der Waals surface area contributed by atoms with E-state index in [1.165, 1.54) is 62.1 Å². The molecule has 4 rings (SSSR count). The molecule has 4 heteroatoms. The third-order valence-corrected chi connectivity index (χ3v) is 7.62. The molecule has 0 aliphatic heterocycles. The van der Waals surface area contributed by atoms with Gasteiger partial charge in [-0.1, -0.05) is 85.1 Å². The van der Waals surface area contributed by atoms with Crippen molar-refractivity contribution in [2.24, 2.45) is 11.3 Å². The van der Waals surface area contributed by atoms with Gasteiger partial charge in [-0.3, -0.25) is 9.48 Å². The van der Waals surface area contributed by atoms with E-state index in [-0.39, 0.29) is 18.1 Å². The number of carbonyl (C=O) groups excluding carboxylic acids is 1. The van der Waals surface area contributed by atoms with Crippen LogP contribution in [-0.2, 0) is 24.2 Å². The maximum atomic E-state index is 11.0. The summed E-state index contributed by atoms with van der Waals surface area (Å²) in [6.07, 6.45) is 11.4. The zero-order valence-electron chi connectivity index (χ0n) is 25.3. The summed E-state index contributed by atoms with van der Waals surface area (Å²) < 4.78 is 1.70. The van der Waals surface area contributed by atoms with Crippen molar-refractivity contribution < 1.29 is 9.90 Å². The van der Waals surface area contributed by atoms with Crippen molar-refractivity contribution in [2.45, 2.75) is 127 Å². The smallest absolute Gasteiger partial charge is 0.151 e. The highest BCUT2D eigenvalue weighted by atomic mass is 16.3. The number of aliphatic hydroxyl groups excluding tert-OH is 1. The van der Waals surface area contributed by atoms with Crippen LogP contribution < -0.4 is 0 Å². The number of fused-ring (bicyclic) bond motifs is 1. The Morgan fingerprint density at radius 2 is 1.73 bits per heavy atom. The molecule has 2 aromatic rings. The highest BCUT2D eigenvalue weighted by Crippen LogP contribution is 2.47. The lowest BCUT2D eigenvalue weighted by Gasteiger charge is -2.01. The number of benzene rings is 1. The minimum atomic E-state index is -0.00421. The SMILES string of the molecule is C=C(O)c1nn(CC(C)=O)c2c1CCC2.CCC1(C)CC1.CCCCC(C)C.Cc1cccc(C)c1C. The van der Waals surface area contributed by atoms with Crippen molar-refractivity contribution in [1.82, 2.24) is 9.78 Å². The zero-order valence-corrected chi connectivity index (χ0v) is 25.3. The predicted molar refractivity (Wildman–Crippen MR) is 159 cm³/mol. The number of aromatic nitrogens is 2. The third-order valence-electron chi connectivity index (χ3n) is 7.62. The lowest BCUT2D eigenvalue weighted by Crippen LogP contribution is -2.10. The Labute approximate surface area is 227 Å². The quantitative estimate of drug-likeness (QED) is 0.378. The Kier molecular flexibility index (Phi) is 13.9. The second kappa shape index (κ2) is 15.8.